The zero-order valence-electron chi connectivity index (χ0n) is 17.5. The highest BCUT2D eigenvalue weighted by Gasteiger charge is 2.25. The lowest BCUT2D eigenvalue weighted by atomic mass is 10.1. The van der Waals surface area contributed by atoms with Gasteiger partial charge in [0.1, 0.15) is 5.52 Å². The van der Waals surface area contributed by atoms with Crippen LogP contribution >= 0.6 is 0 Å². The van der Waals surface area contributed by atoms with Gasteiger partial charge in [0, 0.05) is 48.8 Å². The Kier molecular flexibility index (Phi) is 3.86. The van der Waals surface area contributed by atoms with Crippen LogP contribution in [0.2, 0.25) is 0 Å². The number of pyridine rings is 1. The third-order valence-corrected chi connectivity index (χ3v) is 5.99. The molecule has 0 saturated heterocycles. The summed E-state index contributed by atoms with van der Waals surface area (Å²) in [6.07, 6.45) is 8.27. The van der Waals surface area contributed by atoms with Crippen molar-refractivity contribution in [2.45, 2.75) is 26.3 Å². The Morgan fingerprint density at radius 2 is 1.94 bits per heavy atom. The number of hydrogen-bond acceptors (Lipinski definition) is 4. The van der Waals surface area contributed by atoms with Crippen LogP contribution in [0.3, 0.4) is 0 Å². The van der Waals surface area contributed by atoms with E-state index < -0.39 is 0 Å². The minimum Gasteiger partial charge on any atom is -0.345 e. The van der Waals surface area contributed by atoms with Crippen LogP contribution in [-0.2, 0) is 13.6 Å². The molecule has 0 atom stereocenters. The molecular formula is C24H22N6O. The lowest BCUT2D eigenvalue weighted by Gasteiger charge is -2.12. The standard InChI is InChI=1S/C24H22N6O/c1-15-3-6-17(12-25-15)22-23-21(9-10-29(23)13-16-4-5-16)27-30(24(22)31)19-7-8-20-18(11-19)14-28(2)26-20/h3,6-12,14,16H,4-5,13H2,1-2H3. The van der Waals surface area contributed by atoms with Gasteiger partial charge in [-0.25, -0.2) is 0 Å². The summed E-state index contributed by atoms with van der Waals surface area (Å²) in [5.74, 6) is 0.690. The van der Waals surface area contributed by atoms with E-state index in [-0.39, 0.29) is 5.56 Å². The van der Waals surface area contributed by atoms with Crippen molar-refractivity contribution in [3.63, 3.8) is 0 Å². The van der Waals surface area contributed by atoms with E-state index >= 15 is 0 Å². The van der Waals surface area contributed by atoms with Gasteiger partial charge in [-0.1, -0.05) is 6.07 Å². The third-order valence-electron chi connectivity index (χ3n) is 5.99. The molecule has 7 nitrogen and oxygen atoms in total. The molecule has 1 aliphatic carbocycles. The molecule has 6 rings (SSSR count). The SMILES string of the molecule is Cc1ccc(-c2c(=O)n(-c3ccc4nn(C)cc4c3)nc3ccn(CC4CC4)c23)cn1. The number of aryl methyl sites for hydroxylation is 2. The molecule has 154 valence electrons. The predicted molar refractivity (Wildman–Crippen MR) is 120 cm³/mol. The Labute approximate surface area is 178 Å². The maximum Gasteiger partial charge on any atom is 0.281 e. The van der Waals surface area contributed by atoms with Gasteiger partial charge in [0.05, 0.1) is 22.3 Å². The van der Waals surface area contributed by atoms with Gasteiger partial charge in [0.15, 0.2) is 0 Å². The molecular weight excluding hydrogens is 388 g/mol. The molecule has 0 amide bonds. The van der Waals surface area contributed by atoms with E-state index in [1.54, 1.807) is 10.9 Å². The molecule has 0 bridgehead atoms. The lowest BCUT2D eigenvalue weighted by molar-refractivity contribution is 0.646. The van der Waals surface area contributed by atoms with Crippen molar-refractivity contribution >= 4 is 21.9 Å². The summed E-state index contributed by atoms with van der Waals surface area (Å²) in [7, 11) is 1.89. The van der Waals surface area contributed by atoms with E-state index in [0.29, 0.717) is 11.5 Å². The predicted octanol–water partition coefficient (Wildman–Crippen LogP) is 3.85. The average molecular weight is 410 g/mol. The summed E-state index contributed by atoms with van der Waals surface area (Å²) in [4.78, 5) is 18.2. The molecule has 5 aromatic rings. The highest BCUT2D eigenvalue weighted by Crippen LogP contribution is 2.33. The van der Waals surface area contributed by atoms with Crippen LogP contribution in [0.4, 0.5) is 0 Å². The first-order chi connectivity index (χ1) is 15.1. The summed E-state index contributed by atoms with van der Waals surface area (Å²) >= 11 is 0. The minimum absolute atomic E-state index is 0.142. The number of rotatable bonds is 4. The van der Waals surface area contributed by atoms with Gasteiger partial charge in [-0.05, 0) is 56.0 Å². The summed E-state index contributed by atoms with van der Waals surface area (Å²) in [5, 5.41) is 10.1. The fourth-order valence-corrected chi connectivity index (χ4v) is 4.22. The summed E-state index contributed by atoms with van der Waals surface area (Å²) in [6, 6.07) is 11.7. The van der Waals surface area contributed by atoms with Gasteiger partial charge in [0.25, 0.3) is 5.56 Å². The second-order valence-corrected chi connectivity index (χ2v) is 8.47. The fourth-order valence-electron chi connectivity index (χ4n) is 4.22. The van der Waals surface area contributed by atoms with E-state index in [4.69, 9.17) is 5.10 Å². The fraction of sp³-hybridized carbons (Fsp3) is 0.250. The topological polar surface area (TPSA) is 70.5 Å². The smallest absolute Gasteiger partial charge is 0.281 e. The molecule has 0 radical (unpaired) electrons. The number of hydrogen-bond donors (Lipinski definition) is 0. The van der Waals surface area contributed by atoms with Gasteiger partial charge in [-0.3, -0.25) is 14.5 Å². The quantitative estimate of drug-likeness (QED) is 0.451. The van der Waals surface area contributed by atoms with Gasteiger partial charge in [-0.2, -0.15) is 14.9 Å². The number of nitrogens with zero attached hydrogens (tertiary/aromatic N) is 6. The number of aromatic nitrogens is 6. The highest BCUT2D eigenvalue weighted by molar-refractivity contribution is 5.92. The summed E-state index contributed by atoms with van der Waals surface area (Å²) in [5.41, 5.74) is 5.55. The Balaban J connectivity index is 1.62. The zero-order valence-corrected chi connectivity index (χ0v) is 17.5. The van der Waals surface area contributed by atoms with Crippen LogP contribution in [0.1, 0.15) is 18.5 Å². The third kappa shape index (κ3) is 3.04. The van der Waals surface area contributed by atoms with E-state index in [1.807, 2.05) is 56.6 Å². The molecule has 1 fully saturated rings. The Morgan fingerprint density at radius 1 is 1.06 bits per heavy atom. The monoisotopic (exact) mass is 410 g/mol. The van der Waals surface area contributed by atoms with Crippen LogP contribution in [0.15, 0.2) is 59.8 Å². The molecule has 1 aliphatic rings. The zero-order chi connectivity index (χ0) is 21.1. The van der Waals surface area contributed by atoms with Crippen molar-refractivity contribution in [2.75, 3.05) is 0 Å². The lowest BCUT2D eigenvalue weighted by Crippen LogP contribution is -2.24. The second kappa shape index (κ2) is 6.63. The summed E-state index contributed by atoms with van der Waals surface area (Å²) < 4.78 is 5.46. The molecule has 4 heterocycles. The van der Waals surface area contributed by atoms with Crippen molar-refractivity contribution < 1.29 is 0 Å². The van der Waals surface area contributed by atoms with Crippen LogP contribution < -0.4 is 5.56 Å². The van der Waals surface area contributed by atoms with Crippen LogP contribution in [-0.4, -0.2) is 29.1 Å². The highest BCUT2D eigenvalue weighted by atomic mass is 16.1. The van der Waals surface area contributed by atoms with Crippen molar-refractivity contribution in [3.8, 4) is 16.8 Å². The Bertz CT molecular complexity index is 1500. The normalized spacial score (nSPS) is 14.0. The molecule has 7 heteroatoms. The molecule has 1 aromatic carbocycles. The number of benzene rings is 1. The molecule has 0 unspecified atom stereocenters. The minimum atomic E-state index is -0.142. The number of fused-ring (bicyclic) bond motifs is 2. The van der Waals surface area contributed by atoms with E-state index in [0.717, 1.165) is 45.4 Å². The molecule has 4 aromatic heterocycles. The maximum atomic E-state index is 13.8. The first-order valence-electron chi connectivity index (χ1n) is 10.6. The average Bonchev–Trinajstić information content (AvgIpc) is 3.37. The van der Waals surface area contributed by atoms with Crippen LogP contribution in [0, 0.1) is 12.8 Å². The Hall–Kier alpha value is -3.74. The Morgan fingerprint density at radius 3 is 2.71 bits per heavy atom. The second-order valence-electron chi connectivity index (χ2n) is 8.47. The van der Waals surface area contributed by atoms with Crippen LogP contribution in [0.5, 0.6) is 0 Å². The first kappa shape index (κ1) is 18.1. The first-order valence-corrected chi connectivity index (χ1v) is 10.6. The molecule has 0 aliphatic heterocycles. The molecule has 31 heavy (non-hydrogen) atoms. The van der Waals surface area contributed by atoms with Gasteiger partial charge in [0.2, 0.25) is 0 Å². The van der Waals surface area contributed by atoms with Crippen molar-refractivity contribution in [1.29, 1.82) is 0 Å². The summed E-state index contributed by atoms with van der Waals surface area (Å²) in [6.45, 7) is 2.87. The van der Waals surface area contributed by atoms with Crippen molar-refractivity contribution in [2.24, 2.45) is 13.0 Å². The van der Waals surface area contributed by atoms with Crippen LogP contribution in [0.25, 0.3) is 38.8 Å². The molecule has 0 spiro atoms. The maximum absolute atomic E-state index is 13.8. The van der Waals surface area contributed by atoms with E-state index in [1.165, 1.54) is 17.5 Å². The van der Waals surface area contributed by atoms with Gasteiger partial charge >= 0.3 is 0 Å². The van der Waals surface area contributed by atoms with E-state index in [2.05, 4.69) is 20.8 Å². The van der Waals surface area contributed by atoms with Crippen molar-refractivity contribution in [3.05, 3.63) is 71.0 Å². The largest absolute Gasteiger partial charge is 0.345 e. The van der Waals surface area contributed by atoms with Gasteiger partial charge < -0.3 is 4.57 Å². The van der Waals surface area contributed by atoms with E-state index in [9.17, 15) is 4.79 Å². The molecule has 0 N–H and O–H groups in total. The van der Waals surface area contributed by atoms with Gasteiger partial charge in [-0.15, -0.1) is 0 Å². The molecule has 1 saturated carbocycles. The van der Waals surface area contributed by atoms with Crippen molar-refractivity contribution in [1.82, 2.24) is 29.1 Å².